The highest BCUT2D eigenvalue weighted by Crippen LogP contribution is 2.23. The topological polar surface area (TPSA) is 26.3 Å². The summed E-state index contributed by atoms with van der Waals surface area (Å²) in [5.41, 5.74) is 0. The van der Waals surface area contributed by atoms with Crippen molar-refractivity contribution in [1.82, 2.24) is 0 Å². The molecule has 0 bridgehead atoms. The molecule has 2 heteroatoms. The van der Waals surface area contributed by atoms with Gasteiger partial charge in [-0.05, 0) is 18.3 Å². The first-order chi connectivity index (χ1) is 7.47. The molecule has 0 saturated heterocycles. The lowest BCUT2D eigenvalue weighted by molar-refractivity contribution is -0.159. The summed E-state index contributed by atoms with van der Waals surface area (Å²) in [4.78, 5) is 11.8. The molecule has 0 aliphatic carbocycles. The zero-order chi connectivity index (χ0) is 12.7. The van der Waals surface area contributed by atoms with Crippen LogP contribution in [-0.4, -0.2) is 12.1 Å². The summed E-state index contributed by atoms with van der Waals surface area (Å²) in [6.45, 7) is 12.6. The van der Waals surface area contributed by atoms with Crippen LogP contribution < -0.4 is 0 Å². The van der Waals surface area contributed by atoms with Crippen LogP contribution in [0.2, 0.25) is 0 Å². The van der Waals surface area contributed by atoms with Crippen molar-refractivity contribution in [3.05, 3.63) is 0 Å². The standard InChI is InChI=1S/C14H28O2/c1-7-10(4)13(11(5)8-2)16-14(15)12(6)9-3/h10-13H,7-9H2,1-6H3. The SMILES string of the molecule is CCC(C)C(=O)OC(C(C)CC)C(C)CC. The number of carbonyl (C=O) groups excluding carboxylic acids is 1. The Morgan fingerprint density at radius 2 is 1.38 bits per heavy atom. The van der Waals surface area contributed by atoms with E-state index < -0.39 is 0 Å². The largest absolute Gasteiger partial charge is 0.462 e. The molecule has 96 valence electrons. The second-order valence-corrected chi connectivity index (χ2v) is 4.98. The van der Waals surface area contributed by atoms with Crippen LogP contribution in [0, 0.1) is 17.8 Å². The first kappa shape index (κ1) is 15.5. The van der Waals surface area contributed by atoms with Crippen LogP contribution in [0.5, 0.6) is 0 Å². The molecule has 16 heavy (non-hydrogen) atoms. The quantitative estimate of drug-likeness (QED) is 0.615. The van der Waals surface area contributed by atoms with E-state index in [0.29, 0.717) is 11.8 Å². The molecule has 0 amide bonds. The summed E-state index contributed by atoms with van der Waals surface area (Å²) in [5.74, 6) is 0.884. The van der Waals surface area contributed by atoms with Gasteiger partial charge in [0.1, 0.15) is 6.10 Å². The summed E-state index contributed by atoms with van der Waals surface area (Å²) in [5, 5.41) is 0. The van der Waals surface area contributed by atoms with Crippen LogP contribution in [0.25, 0.3) is 0 Å². The highest BCUT2D eigenvalue weighted by Gasteiger charge is 2.26. The number of hydrogen-bond donors (Lipinski definition) is 0. The molecule has 0 radical (unpaired) electrons. The number of ether oxygens (including phenoxy) is 1. The van der Waals surface area contributed by atoms with Gasteiger partial charge in [0, 0.05) is 0 Å². The molecule has 0 saturated carbocycles. The van der Waals surface area contributed by atoms with E-state index in [9.17, 15) is 4.79 Å². The lowest BCUT2D eigenvalue weighted by Crippen LogP contribution is -2.33. The van der Waals surface area contributed by atoms with Gasteiger partial charge in [0.05, 0.1) is 5.92 Å². The summed E-state index contributed by atoms with van der Waals surface area (Å²) < 4.78 is 5.67. The maximum Gasteiger partial charge on any atom is 0.308 e. The predicted octanol–water partition coefficient (Wildman–Crippen LogP) is 4.04. The third-order valence-electron chi connectivity index (χ3n) is 3.68. The fourth-order valence-corrected chi connectivity index (χ4v) is 1.67. The highest BCUT2D eigenvalue weighted by atomic mass is 16.5. The number of esters is 1. The van der Waals surface area contributed by atoms with Gasteiger partial charge in [0.15, 0.2) is 0 Å². The molecule has 3 atom stereocenters. The smallest absolute Gasteiger partial charge is 0.308 e. The molecule has 0 aromatic rings. The molecule has 0 fully saturated rings. The molecular weight excluding hydrogens is 200 g/mol. The number of hydrogen-bond acceptors (Lipinski definition) is 2. The van der Waals surface area contributed by atoms with Crippen molar-refractivity contribution in [2.75, 3.05) is 0 Å². The second kappa shape index (κ2) is 7.70. The minimum absolute atomic E-state index is 0.0237. The molecule has 0 aliphatic heterocycles. The molecule has 0 rings (SSSR count). The molecular formula is C14H28O2. The van der Waals surface area contributed by atoms with Crippen LogP contribution in [0.4, 0.5) is 0 Å². The predicted molar refractivity (Wildman–Crippen MR) is 68.2 cm³/mol. The van der Waals surface area contributed by atoms with Crippen molar-refractivity contribution in [2.24, 2.45) is 17.8 Å². The Labute approximate surface area is 101 Å². The van der Waals surface area contributed by atoms with Gasteiger partial charge in [-0.2, -0.15) is 0 Å². The fourth-order valence-electron chi connectivity index (χ4n) is 1.67. The monoisotopic (exact) mass is 228 g/mol. The van der Waals surface area contributed by atoms with Crippen LogP contribution in [0.3, 0.4) is 0 Å². The zero-order valence-electron chi connectivity index (χ0n) is 11.7. The van der Waals surface area contributed by atoms with Gasteiger partial charge in [-0.25, -0.2) is 0 Å². The van der Waals surface area contributed by atoms with Crippen molar-refractivity contribution in [1.29, 1.82) is 0 Å². The van der Waals surface area contributed by atoms with Crippen molar-refractivity contribution in [2.45, 2.75) is 66.9 Å². The van der Waals surface area contributed by atoms with Crippen molar-refractivity contribution in [3.8, 4) is 0 Å². The molecule has 0 N–H and O–H groups in total. The van der Waals surface area contributed by atoms with Crippen molar-refractivity contribution in [3.63, 3.8) is 0 Å². The van der Waals surface area contributed by atoms with E-state index in [1.54, 1.807) is 0 Å². The Hall–Kier alpha value is -0.530. The Morgan fingerprint density at radius 1 is 0.938 bits per heavy atom. The maximum atomic E-state index is 11.8. The van der Waals surface area contributed by atoms with Gasteiger partial charge >= 0.3 is 5.97 Å². The van der Waals surface area contributed by atoms with E-state index in [1.807, 2.05) is 13.8 Å². The third-order valence-corrected chi connectivity index (χ3v) is 3.68. The molecule has 0 heterocycles. The Bertz CT molecular complexity index is 191. The highest BCUT2D eigenvalue weighted by molar-refractivity contribution is 5.72. The van der Waals surface area contributed by atoms with Crippen LogP contribution in [0.15, 0.2) is 0 Å². The van der Waals surface area contributed by atoms with Gasteiger partial charge in [-0.1, -0.05) is 54.4 Å². The maximum absolute atomic E-state index is 11.8. The number of carbonyl (C=O) groups is 1. The second-order valence-electron chi connectivity index (χ2n) is 4.98. The summed E-state index contributed by atoms with van der Waals surface area (Å²) in [6.07, 6.45) is 3.05. The van der Waals surface area contributed by atoms with E-state index in [0.717, 1.165) is 19.3 Å². The third kappa shape index (κ3) is 4.54. The van der Waals surface area contributed by atoms with Crippen LogP contribution in [-0.2, 0) is 9.53 Å². The minimum Gasteiger partial charge on any atom is -0.462 e. The van der Waals surface area contributed by atoms with E-state index in [1.165, 1.54) is 0 Å². The Balaban J connectivity index is 4.48. The van der Waals surface area contributed by atoms with Gasteiger partial charge in [-0.15, -0.1) is 0 Å². The molecule has 2 nitrogen and oxygen atoms in total. The average Bonchev–Trinajstić information content (AvgIpc) is 2.32. The molecule has 0 spiro atoms. The first-order valence-corrected chi connectivity index (χ1v) is 6.68. The summed E-state index contributed by atoms with van der Waals surface area (Å²) in [6, 6.07) is 0. The van der Waals surface area contributed by atoms with Crippen molar-refractivity contribution >= 4 is 5.97 Å². The zero-order valence-corrected chi connectivity index (χ0v) is 11.7. The van der Waals surface area contributed by atoms with E-state index >= 15 is 0 Å². The average molecular weight is 228 g/mol. The Morgan fingerprint density at radius 3 is 1.69 bits per heavy atom. The molecule has 0 aliphatic rings. The lowest BCUT2D eigenvalue weighted by atomic mass is 9.89. The fraction of sp³-hybridized carbons (Fsp3) is 0.929. The van der Waals surface area contributed by atoms with Crippen LogP contribution >= 0.6 is 0 Å². The summed E-state index contributed by atoms with van der Waals surface area (Å²) >= 11 is 0. The van der Waals surface area contributed by atoms with E-state index in [2.05, 4.69) is 27.7 Å². The van der Waals surface area contributed by atoms with Gasteiger partial charge in [-0.3, -0.25) is 4.79 Å². The Kier molecular flexibility index (Phi) is 7.44. The molecule has 3 unspecified atom stereocenters. The summed E-state index contributed by atoms with van der Waals surface area (Å²) in [7, 11) is 0. The van der Waals surface area contributed by atoms with Gasteiger partial charge < -0.3 is 4.74 Å². The molecule has 0 aromatic heterocycles. The van der Waals surface area contributed by atoms with Gasteiger partial charge in [0.25, 0.3) is 0 Å². The lowest BCUT2D eigenvalue weighted by Gasteiger charge is -2.29. The van der Waals surface area contributed by atoms with E-state index in [4.69, 9.17) is 4.74 Å². The number of rotatable bonds is 7. The van der Waals surface area contributed by atoms with E-state index in [-0.39, 0.29) is 18.0 Å². The first-order valence-electron chi connectivity index (χ1n) is 6.68. The normalized spacial score (nSPS) is 18.6. The van der Waals surface area contributed by atoms with Crippen LogP contribution in [0.1, 0.15) is 60.8 Å². The minimum atomic E-state index is -0.0342. The van der Waals surface area contributed by atoms with Crippen molar-refractivity contribution < 1.29 is 9.53 Å². The van der Waals surface area contributed by atoms with Gasteiger partial charge in [0.2, 0.25) is 0 Å². The molecule has 0 aromatic carbocycles.